The third kappa shape index (κ3) is 8.03. The van der Waals surface area contributed by atoms with Crippen LogP contribution in [0.5, 0.6) is 23.0 Å². The van der Waals surface area contributed by atoms with Crippen LogP contribution in [0.4, 0.5) is 0 Å². The minimum atomic E-state index is -0.0801. The van der Waals surface area contributed by atoms with E-state index in [1.165, 1.54) is 6.92 Å². The van der Waals surface area contributed by atoms with Gasteiger partial charge < -0.3 is 29.6 Å². The van der Waals surface area contributed by atoms with Crippen LogP contribution in [0.15, 0.2) is 77.3 Å². The molecule has 0 saturated carbocycles. The molecule has 0 bridgehead atoms. The van der Waals surface area contributed by atoms with E-state index in [0.29, 0.717) is 54.9 Å². The van der Waals surface area contributed by atoms with E-state index in [1.807, 2.05) is 54.6 Å². The minimum Gasteiger partial charge on any atom is -0.488 e. The fraction of sp³-hybridized carbons (Fsp3) is 0.235. The zero-order valence-electron chi connectivity index (χ0n) is 24.1. The van der Waals surface area contributed by atoms with Gasteiger partial charge in [0.05, 0.1) is 16.7 Å². The van der Waals surface area contributed by atoms with Crippen molar-refractivity contribution in [2.24, 2.45) is 0 Å². The van der Waals surface area contributed by atoms with E-state index in [2.05, 4.69) is 32.6 Å². The molecule has 1 aliphatic rings. The lowest BCUT2D eigenvalue weighted by molar-refractivity contribution is -0.118. The number of carbonyl (C=O) groups is 1. The first kappa shape index (κ1) is 31.2. The number of fused-ring (bicyclic) bond motifs is 1. The van der Waals surface area contributed by atoms with Gasteiger partial charge in [-0.25, -0.2) is 0 Å². The van der Waals surface area contributed by atoms with Gasteiger partial charge in [-0.3, -0.25) is 4.79 Å². The number of rotatable bonds is 12. The lowest BCUT2D eigenvalue weighted by Gasteiger charge is -2.19. The van der Waals surface area contributed by atoms with Crippen molar-refractivity contribution in [3.8, 4) is 40.2 Å². The normalized spacial score (nSPS) is 11.9. The summed E-state index contributed by atoms with van der Waals surface area (Å²) in [6.07, 6.45) is 0. The van der Waals surface area contributed by atoms with Crippen molar-refractivity contribution in [2.45, 2.75) is 26.7 Å². The zero-order valence-corrected chi connectivity index (χ0v) is 26.5. The van der Waals surface area contributed by atoms with Crippen LogP contribution in [0, 0.1) is 11.3 Å². The maximum atomic E-state index is 11.2. The Bertz CT molecular complexity index is 1690. The number of hydrogen-bond donors (Lipinski definition) is 2. The average Bonchev–Trinajstić information content (AvgIpc) is 3.04. The van der Waals surface area contributed by atoms with Crippen molar-refractivity contribution in [3.63, 3.8) is 0 Å². The quantitative estimate of drug-likeness (QED) is 0.159. The third-order valence-corrected chi connectivity index (χ3v) is 8.10. The predicted molar refractivity (Wildman–Crippen MR) is 172 cm³/mol. The molecule has 1 heterocycles. The van der Waals surface area contributed by atoms with E-state index in [-0.39, 0.29) is 19.1 Å². The third-order valence-electron chi connectivity index (χ3n) is 6.87. The molecule has 4 aromatic carbocycles. The van der Waals surface area contributed by atoms with Crippen LogP contribution >= 0.6 is 27.5 Å². The summed E-state index contributed by atoms with van der Waals surface area (Å²) in [5, 5.41) is 15.8. The van der Waals surface area contributed by atoms with Crippen molar-refractivity contribution >= 4 is 33.4 Å². The van der Waals surface area contributed by atoms with Gasteiger partial charge in [0.1, 0.15) is 37.9 Å². The van der Waals surface area contributed by atoms with E-state index >= 15 is 0 Å². The van der Waals surface area contributed by atoms with Crippen LogP contribution in [-0.2, 0) is 24.6 Å². The Labute approximate surface area is 270 Å². The Kier molecular flexibility index (Phi) is 10.6. The van der Waals surface area contributed by atoms with Crippen LogP contribution in [0.2, 0.25) is 5.02 Å². The summed E-state index contributed by atoms with van der Waals surface area (Å²) in [6, 6.07) is 25.0. The predicted octanol–water partition coefficient (Wildman–Crippen LogP) is 6.80. The summed E-state index contributed by atoms with van der Waals surface area (Å²) < 4.78 is 24.8. The topological polar surface area (TPSA) is 102 Å². The number of nitrogens with one attached hydrogen (secondary N) is 2. The SMILES string of the molecule is CC(=O)NCCNCc1cc(Cl)c(OCc2cccc(-c3ccc4c(c3)OCCO4)c2Br)cc1OCc1cccc(C#N)c1. The fourth-order valence-electron chi connectivity index (χ4n) is 4.68. The molecule has 0 radical (unpaired) electrons. The number of benzene rings is 4. The molecule has 1 aliphatic heterocycles. The summed E-state index contributed by atoms with van der Waals surface area (Å²) >= 11 is 10.5. The van der Waals surface area contributed by atoms with Gasteiger partial charge in [-0.2, -0.15) is 5.26 Å². The molecule has 0 saturated heterocycles. The van der Waals surface area contributed by atoms with Crippen molar-refractivity contribution in [1.29, 1.82) is 5.26 Å². The average molecular weight is 677 g/mol. The second-order valence-corrected chi connectivity index (χ2v) is 11.3. The molecule has 0 spiro atoms. The van der Waals surface area contributed by atoms with Gasteiger partial charge in [0.15, 0.2) is 11.5 Å². The summed E-state index contributed by atoms with van der Waals surface area (Å²) in [6.45, 7) is 4.62. The van der Waals surface area contributed by atoms with Crippen LogP contribution in [0.25, 0.3) is 11.1 Å². The standard InChI is InChI=1S/C34H31BrClN3O5/c1-22(40)39-11-10-38-19-27-15-29(36)32(17-31(27)43-20-24-5-2-4-23(14-24)18-37)44-21-26-6-3-7-28(34(26)35)25-8-9-30-33(16-25)42-13-12-41-30/h2-9,14-17,38H,10-13,19-21H2,1H3,(H,39,40). The first-order valence-electron chi connectivity index (χ1n) is 14.1. The molecule has 0 atom stereocenters. The van der Waals surface area contributed by atoms with E-state index in [4.69, 9.17) is 30.5 Å². The van der Waals surface area contributed by atoms with Gasteiger partial charge >= 0.3 is 0 Å². The highest BCUT2D eigenvalue weighted by molar-refractivity contribution is 9.10. The molecule has 0 fully saturated rings. The van der Waals surface area contributed by atoms with Crippen LogP contribution in [-0.4, -0.2) is 32.2 Å². The molecule has 44 heavy (non-hydrogen) atoms. The molecule has 10 heteroatoms. The van der Waals surface area contributed by atoms with Gasteiger partial charge in [-0.05, 0) is 63.0 Å². The number of amides is 1. The van der Waals surface area contributed by atoms with Gasteiger partial charge in [-0.15, -0.1) is 0 Å². The number of carbonyl (C=O) groups excluding carboxylic acids is 1. The fourth-order valence-corrected chi connectivity index (χ4v) is 5.53. The molecule has 4 aromatic rings. The molecule has 0 aromatic heterocycles. The highest BCUT2D eigenvalue weighted by Gasteiger charge is 2.16. The second-order valence-electron chi connectivity index (χ2n) is 10.1. The highest BCUT2D eigenvalue weighted by atomic mass is 79.9. The van der Waals surface area contributed by atoms with Gasteiger partial charge in [0, 0.05) is 48.2 Å². The van der Waals surface area contributed by atoms with Gasteiger partial charge in [0.2, 0.25) is 5.91 Å². The van der Waals surface area contributed by atoms with Gasteiger partial charge in [0.25, 0.3) is 0 Å². The second kappa shape index (κ2) is 15.0. The number of halogens is 2. The summed E-state index contributed by atoms with van der Waals surface area (Å²) in [7, 11) is 0. The Morgan fingerprint density at radius 1 is 0.932 bits per heavy atom. The number of ether oxygens (including phenoxy) is 4. The van der Waals surface area contributed by atoms with Crippen molar-refractivity contribution in [1.82, 2.24) is 10.6 Å². The Morgan fingerprint density at radius 2 is 1.73 bits per heavy atom. The molecular weight excluding hydrogens is 646 g/mol. The molecule has 1 amide bonds. The Balaban J connectivity index is 1.33. The summed E-state index contributed by atoms with van der Waals surface area (Å²) in [5.41, 5.74) is 5.20. The molecule has 0 aliphatic carbocycles. The maximum Gasteiger partial charge on any atom is 0.216 e. The van der Waals surface area contributed by atoms with E-state index in [9.17, 15) is 10.1 Å². The number of nitriles is 1. The van der Waals surface area contributed by atoms with E-state index < -0.39 is 0 Å². The summed E-state index contributed by atoms with van der Waals surface area (Å²) in [4.78, 5) is 11.2. The summed E-state index contributed by atoms with van der Waals surface area (Å²) in [5.74, 6) is 2.47. The zero-order chi connectivity index (χ0) is 30.9. The van der Waals surface area contributed by atoms with Gasteiger partial charge in [-0.1, -0.05) is 48.0 Å². The number of hydrogen-bond acceptors (Lipinski definition) is 7. The van der Waals surface area contributed by atoms with Crippen LogP contribution in [0.3, 0.4) is 0 Å². The first-order valence-corrected chi connectivity index (χ1v) is 15.3. The van der Waals surface area contributed by atoms with E-state index in [0.717, 1.165) is 43.8 Å². The van der Waals surface area contributed by atoms with E-state index in [1.54, 1.807) is 18.2 Å². The smallest absolute Gasteiger partial charge is 0.216 e. The van der Waals surface area contributed by atoms with Crippen LogP contribution in [0.1, 0.15) is 29.2 Å². The number of nitrogens with zero attached hydrogens (tertiary/aromatic N) is 1. The molecule has 2 N–H and O–H groups in total. The first-order chi connectivity index (χ1) is 21.4. The maximum absolute atomic E-state index is 11.2. The molecule has 8 nitrogen and oxygen atoms in total. The molecule has 0 unspecified atom stereocenters. The lowest BCUT2D eigenvalue weighted by atomic mass is 10.0. The molecular formula is C34H31BrClN3O5. The van der Waals surface area contributed by atoms with Crippen molar-refractivity contribution in [2.75, 3.05) is 26.3 Å². The van der Waals surface area contributed by atoms with Crippen LogP contribution < -0.4 is 29.6 Å². The lowest BCUT2D eigenvalue weighted by Crippen LogP contribution is -2.30. The van der Waals surface area contributed by atoms with Crippen molar-refractivity contribution in [3.05, 3.63) is 105 Å². The molecule has 226 valence electrons. The minimum absolute atomic E-state index is 0.0801. The highest BCUT2D eigenvalue weighted by Crippen LogP contribution is 2.39. The Hall–Kier alpha value is -4.23. The van der Waals surface area contributed by atoms with Crippen molar-refractivity contribution < 1.29 is 23.7 Å². The monoisotopic (exact) mass is 675 g/mol. The molecule has 5 rings (SSSR count). The Morgan fingerprint density at radius 3 is 2.55 bits per heavy atom. The largest absolute Gasteiger partial charge is 0.488 e.